The number of hydrogen-bond acceptors (Lipinski definition) is 3. The van der Waals surface area contributed by atoms with E-state index in [0.717, 1.165) is 10.9 Å². The quantitative estimate of drug-likeness (QED) is 0.593. The van der Waals surface area contributed by atoms with Gasteiger partial charge in [-0.1, -0.05) is 6.07 Å². The molecule has 1 N–H and O–H groups in total. The van der Waals surface area contributed by atoms with Crippen LogP contribution in [0.25, 0.3) is 22.0 Å². The van der Waals surface area contributed by atoms with Crippen molar-refractivity contribution in [3.8, 4) is 16.9 Å². The Morgan fingerprint density at radius 3 is 2.76 bits per heavy atom. The lowest BCUT2D eigenvalue weighted by Gasteiger charge is -2.06. The third-order valence-electron chi connectivity index (χ3n) is 3.48. The average molecular weight is 286 g/mol. The molecule has 0 amide bonds. The van der Waals surface area contributed by atoms with E-state index in [0.29, 0.717) is 11.1 Å². The van der Waals surface area contributed by atoms with Crippen LogP contribution < -0.4 is 9.42 Å². The van der Waals surface area contributed by atoms with Crippen LogP contribution in [0, 0.1) is 10.7 Å². The van der Waals surface area contributed by atoms with Crippen molar-refractivity contribution in [3.63, 3.8) is 0 Å². The highest BCUT2D eigenvalue weighted by molar-refractivity contribution is 5.89. The molecule has 0 spiro atoms. The highest BCUT2D eigenvalue weighted by atomic mass is 19.1. The van der Waals surface area contributed by atoms with Gasteiger partial charge in [0.15, 0.2) is 18.6 Å². The Morgan fingerprint density at radius 1 is 1.29 bits per heavy atom. The largest absolute Gasteiger partial charge is 0.494 e. The predicted octanol–water partition coefficient (Wildman–Crippen LogP) is 3.21. The number of nitroso groups, excluding NO2 is 1. The maximum Gasteiger partial charge on any atom is 0.238 e. The fourth-order valence-corrected chi connectivity index (χ4v) is 2.38. The van der Waals surface area contributed by atoms with E-state index in [2.05, 4.69) is 10.3 Å². The number of halogens is 1. The van der Waals surface area contributed by atoms with Gasteiger partial charge in [-0.2, -0.15) is 5.10 Å². The van der Waals surface area contributed by atoms with E-state index in [1.807, 2.05) is 17.8 Å². The second-order valence-corrected chi connectivity index (χ2v) is 4.70. The Hall–Kier alpha value is -2.76. The zero-order chi connectivity index (χ0) is 15.0. The molecule has 6 heteroatoms. The number of aromatic amines is 1. The molecule has 0 atom stereocenters. The van der Waals surface area contributed by atoms with E-state index >= 15 is 0 Å². The van der Waals surface area contributed by atoms with Crippen molar-refractivity contribution in [1.82, 2.24) is 5.10 Å². The molecule has 0 radical (unpaired) electrons. The Kier molecular flexibility index (Phi) is 3.13. The van der Waals surface area contributed by atoms with Crippen LogP contribution >= 0.6 is 0 Å². The van der Waals surface area contributed by atoms with E-state index < -0.39 is 5.82 Å². The molecule has 0 bridgehead atoms. The first-order chi connectivity index (χ1) is 10.1. The van der Waals surface area contributed by atoms with Crippen molar-refractivity contribution >= 4 is 16.6 Å². The smallest absolute Gasteiger partial charge is 0.238 e. The number of nitrogens with one attached hydrogen (secondary N) is 1. The number of methoxy groups -OCH3 is 1. The van der Waals surface area contributed by atoms with Crippen LogP contribution in [0.4, 0.5) is 10.1 Å². The molecular formula is C15H13FN3O2+. The first-order valence-electron chi connectivity index (χ1n) is 6.32. The summed E-state index contributed by atoms with van der Waals surface area (Å²) < 4.78 is 20.6. The van der Waals surface area contributed by atoms with Crippen molar-refractivity contribution in [2.75, 3.05) is 7.11 Å². The molecule has 106 valence electrons. The molecule has 0 aliphatic carbocycles. The van der Waals surface area contributed by atoms with E-state index in [-0.39, 0.29) is 11.4 Å². The number of H-pyrrole nitrogens is 1. The number of aromatic nitrogens is 2. The highest BCUT2D eigenvalue weighted by Crippen LogP contribution is 2.35. The van der Waals surface area contributed by atoms with E-state index in [4.69, 9.17) is 4.74 Å². The molecule has 2 aromatic carbocycles. The fraction of sp³-hybridized carbons (Fsp3) is 0.133. The summed E-state index contributed by atoms with van der Waals surface area (Å²) in [5.74, 6) is -0.321. The summed E-state index contributed by atoms with van der Waals surface area (Å²) >= 11 is 0. The van der Waals surface area contributed by atoms with Crippen LogP contribution in [0.3, 0.4) is 0 Å². The number of nitrogens with zero attached hydrogens (tertiary/aromatic N) is 2. The Balaban J connectivity index is 2.24. The Labute approximate surface area is 119 Å². The van der Waals surface area contributed by atoms with Gasteiger partial charge >= 0.3 is 0 Å². The van der Waals surface area contributed by atoms with Gasteiger partial charge in [0.1, 0.15) is 5.69 Å². The van der Waals surface area contributed by atoms with Crippen molar-refractivity contribution in [2.45, 2.75) is 0 Å². The normalized spacial score (nSPS) is 10.8. The first kappa shape index (κ1) is 13.2. The first-order valence-corrected chi connectivity index (χ1v) is 6.32. The van der Waals surface area contributed by atoms with Gasteiger partial charge in [-0.05, 0) is 28.9 Å². The van der Waals surface area contributed by atoms with Crippen LogP contribution in [0.2, 0.25) is 0 Å². The van der Waals surface area contributed by atoms with Gasteiger partial charge in [0.05, 0.1) is 18.7 Å². The Bertz CT molecular complexity index is 842. The molecule has 0 fully saturated rings. The molecule has 21 heavy (non-hydrogen) atoms. The van der Waals surface area contributed by atoms with Crippen LogP contribution in [0.5, 0.6) is 5.75 Å². The van der Waals surface area contributed by atoms with Crippen LogP contribution in [-0.4, -0.2) is 12.2 Å². The monoisotopic (exact) mass is 286 g/mol. The number of hydrogen-bond donors (Lipinski definition) is 1. The van der Waals surface area contributed by atoms with Gasteiger partial charge < -0.3 is 4.74 Å². The summed E-state index contributed by atoms with van der Waals surface area (Å²) in [6, 6.07) is 8.05. The summed E-state index contributed by atoms with van der Waals surface area (Å²) in [4.78, 5) is 11.1. The lowest BCUT2D eigenvalue weighted by Crippen LogP contribution is -2.29. The van der Waals surface area contributed by atoms with Gasteiger partial charge in [0, 0.05) is 11.6 Å². The fourth-order valence-electron chi connectivity index (χ4n) is 2.38. The summed E-state index contributed by atoms with van der Waals surface area (Å²) in [5, 5.41) is 6.93. The van der Waals surface area contributed by atoms with Crippen molar-refractivity contribution in [3.05, 3.63) is 47.3 Å². The standard InChI is InChI=1S/C15H12FN3O2/c1-19-14-7-11(13(18-20)6-10(14)8-17-19)9-3-4-15(21-2)12(16)5-9/h3-8H,1-2H3/p+1. The molecule has 0 saturated carbocycles. The molecule has 1 aromatic heterocycles. The van der Waals surface area contributed by atoms with Crippen molar-refractivity contribution in [1.29, 1.82) is 0 Å². The van der Waals surface area contributed by atoms with Crippen molar-refractivity contribution < 1.29 is 13.8 Å². The summed E-state index contributed by atoms with van der Waals surface area (Å²) in [6.45, 7) is 0. The molecule has 0 saturated heterocycles. The second-order valence-electron chi connectivity index (χ2n) is 4.70. The number of fused-ring (bicyclic) bond motifs is 1. The summed E-state index contributed by atoms with van der Waals surface area (Å²) in [6.07, 6.45) is 1.78. The van der Waals surface area contributed by atoms with Gasteiger partial charge in [-0.3, -0.25) is 0 Å². The zero-order valence-electron chi connectivity index (χ0n) is 11.6. The third-order valence-corrected chi connectivity index (χ3v) is 3.48. The van der Waals surface area contributed by atoms with E-state index in [9.17, 15) is 9.30 Å². The maximum absolute atomic E-state index is 13.9. The minimum atomic E-state index is -0.481. The van der Waals surface area contributed by atoms with Gasteiger partial charge in [-0.15, -0.1) is 9.59 Å². The van der Waals surface area contributed by atoms with E-state index in [1.54, 1.807) is 18.3 Å². The van der Waals surface area contributed by atoms with Gasteiger partial charge in [0.25, 0.3) is 0 Å². The van der Waals surface area contributed by atoms with E-state index in [1.165, 1.54) is 19.2 Å². The number of benzene rings is 2. The lowest BCUT2D eigenvalue weighted by atomic mass is 10.0. The topological polar surface area (TPSA) is 58.3 Å². The van der Waals surface area contributed by atoms with Gasteiger partial charge in [-0.25, -0.2) is 4.39 Å². The van der Waals surface area contributed by atoms with Crippen molar-refractivity contribution in [2.24, 2.45) is 12.2 Å². The Morgan fingerprint density at radius 2 is 2.10 bits per heavy atom. The van der Waals surface area contributed by atoms with Crippen LogP contribution in [0.1, 0.15) is 0 Å². The lowest BCUT2D eigenvalue weighted by molar-refractivity contribution is -0.702. The molecule has 3 aromatic rings. The molecule has 0 aliphatic heterocycles. The number of aryl methyl sites for hydroxylation is 1. The number of rotatable bonds is 3. The van der Waals surface area contributed by atoms with Crippen LogP contribution in [0.15, 0.2) is 41.7 Å². The molecule has 0 aliphatic rings. The maximum atomic E-state index is 13.9. The third kappa shape index (κ3) is 2.14. The highest BCUT2D eigenvalue weighted by Gasteiger charge is 2.16. The minimum absolute atomic E-state index is 0.160. The molecular weight excluding hydrogens is 273 g/mol. The molecule has 0 unspecified atom stereocenters. The van der Waals surface area contributed by atoms with Gasteiger partial charge in [0.2, 0.25) is 5.52 Å². The number of ether oxygens (including phenoxy) is 1. The molecule has 1 heterocycles. The average Bonchev–Trinajstić information content (AvgIpc) is 2.86. The zero-order valence-corrected chi connectivity index (χ0v) is 11.6. The summed E-state index contributed by atoms with van der Waals surface area (Å²) in [7, 11) is 3.26. The SMILES string of the molecule is COc1ccc(-c2cc3c(c[nH][n+]3C)cc2N=O)cc1F. The minimum Gasteiger partial charge on any atom is -0.494 e. The second kappa shape index (κ2) is 4.97. The van der Waals surface area contributed by atoms with Crippen LogP contribution in [-0.2, 0) is 7.05 Å². The predicted molar refractivity (Wildman–Crippen MR) is 76.9 cm³/mol. The molecule has 5 nitrogen and oxygen atoms in total. The summed E-state index contributed by atoms with van der Waals surface area (Å²) in [5.41, 5.74) is 2.32. The molecule has 3 rings (SSSR count).